The monoisotopic (exact) mass is 434 g/mol. The zero-order valence-corrected chi connectivity index (χ0v) is 19.7. The van der Waals surface area contributed by atoms with Crippen molar-refractivity contribution in [1.29, 1.82) is 0 Å². The highest BCUT2D eigenvalue weighted by molar-refractivity contribution is 5.85. The molecule has 172 valence electrons. The van der Waals surface area contributed by atoms with E-state index in [1.165, 1.54) is 38.5 Å². The molecule has 32 heavy (non-hydrogen) atoms. The van der Waals surface area contributed by atoms with Crippen LogP contribution in [0, 0.1) is 40.9 Å². The van der Waals surface area contributed by atoms with Crippen molar-refractivity contribution in [3.63, 3.8) is 0 Å². The lowest BCUT2D eigenvalue weighted by molar-refractivity contribution is -0.133. The molecule has 1 heterocycles. The molecule has 6 rings (SSSR count). The Morgan fingerprint density at radius 2 is 1.84 bits per heavy atom. The lowest BCUT2D eigenvalue weighted by Gasteiger charge is -2.56. The normalized spacial score (nSPS) is 43.5. The number of nitrogens with zero attached hydrogens (tertiary/aromatic N) is 2. The van der Waals surface area contributed by atoms with Gasteiger partial charge in [0.25, 0.3) is 0 Å². The standard InChI is InChI=1S/C28H38N2O2/c1-27(32)13-11-20-18(15-27)7-8-22-21(20)12-14-28(2)23(22)9-10-24(28)26(31)17-30-25-6-4-3-5-19(25)16-29-30/h3-6,16,18,20-24,32H,7-15,17H2,1-2H3/t18-,20+,21-,22-,23+,24-,27-,28+/m1/s1. The van der Waals surface area contributed by atoms with Gasteiger partial charge in [-0.15, -0.1) is 0 Å². The molecule has 4 nitrogen and oxygen atoms in total. The average molecular weight is 435 g/mol. The van der Waals surface area contributed by atoms with Crippen LogP contribution >= 0.6 is 0 Å². The van der Waals surface area contributed by atoms with Gasteiger partial charge in [0, 0.05) is 11.3 Å². The number of carbonyl (C=O) groups excluding carboxylic acids is 1. The molecule has 1 N–H and O–H groups in total. The van der Waals surface area contributed by atoms with Crippen LogP contribution < -0.4 is 0 Å². The Labute approximate surface area is 191 Å². The molecule has 0 saturated heterocycles. The lowest BCUT2D eigenvalue weighted by Crippen LogP contribution is -2.51. The Balaban J connectivity index is 1.20. The average Bonchev–Trinajstić information content (AvgIpc) is 3.33. The quantitative estimate of drug-likeness (QED) is 0.682. The number of aromatic nitrogens is 2. The molecule has 0 unspecified atom stereocenters. The van der Waals surface area contributed by atoms with E-state index >= 15 is 0 Å². The number of benzene rings is 1. The van der Waals surface area contributed by atoms with Crippen LogP contribution in [-0.2, 0) is 11.3 Å². The van der Waals surface area contributed by atoms with Crippen molar-refractivity contribution >= 4 is 16.7 Å². The minimum Gasteiger partial charge on any atom is -0.390 e. The molecule has 0 bridgehead atoms. The van der Waals surface area contributed by atoms with Gasteiger partial charge < -0.3 is 5.11 Å². The number of rotatable bonds is 3. The third kappa shape index (κ3) is 3.20. The smallest absolute Gasteiger partial charge is 0.157 e. The Morgan fingerprint density at radius 1 is 1.03 bits per heavy atom. The van der Waals surface area contributed by atoms with Gasteiger partial charge in [0.1, 0.15) is 6.54 Å². The summed E-state index contributed by atoms with van der Waals surface area (Å²) in [7, 11) is 0. The number of fused-ring (bicyclic) bond motifs is 6. The Hall–Kier alpha value is -1.68. The SMILES string of the molecule is C[C@@]1(O)CC[C@H]2[C@H](CC[C@@H]3[C@@H]2CC[C@]2(C)[C@@H](C(=O)Cn4ncc5ccccc54)CC[C@@H]32)C1. The van der Waals surface area contributed by atoms with E-state index in [2.05, 4.69) is 24.2 Å². The van der Waals surface area contributed by atoms with Gasteiger partial charge in [0.2, 0.25) is 0 Å². The van der Waals surface area contributed by atoms with Crippen LogP contribution in [0.15, 0.2) is 30.5 Å². The number of Topliss-reactive ketones (excluding diaryl/α,β-unsaturated/α-hetero) is 1. The van der Waals surface area contributed by atoms with Crippen molar-refractivity contribution in [2.24, 2.45) is 40.9 Å². The number of carbonyl (C=O) groups is 1. The van der Waals surface area contributed by atoms with Crippen LogP contribution in [0.5, 0.6) is 0 Å². The van der Waals surface area contributed by atoms with E-state index < -0.39 is 5.60 Å². The minimum absolute atomic E-state index is 0.161. The first-order valence-corrected chi connectivity index (χ1v) is 13.0. The molecule has 4 fully saturated rings. The number of hydrogen-bond donors (Lipinski definition) is 1. The zero-order valence-electron chi connectivity index (χ0n) is 19.7. The number of ketones is 1. The van der Waals surface area contributed by atoms with Gasteiger partial charge in [0.15, 0.2) is 5.78 Å². The van der Waals surface area contributed by atoms with Crippen LogP contribution in [-0.4, -0.2) is 26.3 Å². The van der Waals surface area contributed by atoms with E-state index in [4.69, 9.17) is 0 Å². The summed E-state index contributed by atoms with van der Waals surface area (Å²) in [6, 6.07) is 8.19. The maximum atomic E-state index is 13.6. The summed E-state index contributed by atoms with van der Waals surface area (Å²) >= 11 is 0. The maximum Gasteiger partial charge on any atom is 0.157 e. The van der Waals surface area contributed by atoms with Crippen LogP contribution in [0.3, 0.4) is 0 Å². The Kier molecular flexibility index (Phi) is 4.84. The van der Waals surface area contributed by atoms with E-state index in [1.807, 2.05) is 29.9 Å². The molecule has 0 radical (unpaired) electrons. The van der Waals surface area contributed by atoms with Crippen LogP contribution in [0.1, 0.15) is 71.6 Å². The molecule has 0 aliphatic heterocycles. The summed E-state index contributed by atoms with van der Waals surface area (Å²) in [6.07, 6.45) is 12.4. The maximum absolute atomic E-state index is 13.6. The Bertz CT molecular complexity index is 1030. The predicted molar refractivity (Wildman–Crippen MR) is 126 cm³/mol. The molecular formula is C28H38N2O2. The summed E-state index contributed by atoms with van der Waals surface area (Å²) in [5.74, 6) is 4.42. The molecule has 1 aromatic carbocycles. The number of hydrogen-bond acceptors (Lipinski definition) is 3. The summed E-state index contributed by atoms with van der Waals surface area (Å²) in [6.45, 7) is 4.90. The highest BCUT2D eigenvalue weighted by Gasteiger charge is 2.58. The first-order chi connectivity index (χ1) is 15.4. The number of para-hydroxylation sites is 1. The first kappa shape index (κ1) is 20.9. The largest absolute Gasteiger partial charge is 0.390 e. The van der Waals surface area contributed by atoms with Crippen molar-refractivity contribution in [2.75, 3.05) is 0 Å². The molecule has 4 saturated carbocycles. The second kappa shape index (κ2) is 7.41. The number of aliphatic hydroxyl groups is 1. The Morgan fingerprint density at radius 3 is 2.72 bits per heavy atom. The van der Waals surface area contributed by atoms with Gasteiger partial charge in [-0.1, -0.05) is 25.1 Å². The van der Waals surface area contributed by atoms with Gasteiger partial charge in [-0.2, -0.15) is 5.10 Å². The van der Waals surface area contributed by atoms with Crippen molar-refractivity contribution in [2.45, 2.75) is 83.8 Å². The molecule has 0 spiro atoms. The van der Waals surface area contributed by atoms with Crippen molar-refractivity contribution < 1.29 is 9.90 Å². The van der Waals surface area contributed by atoms with E-state index in [0.717, 1.165) is 53.8 Å². The zero-order chi connectivity index (χ0) is 22.1. The van der Waals surface area contributed by atoms with Gasteiger partial charge in [-0.25, -0.2) is 0 Å². The minimum atomic E-state index is -0.446. The predicted octanol–water partition coefficient (Wildman–Crippen LogP) is 5.63. The van der Waals surface area contributed by atoms with Gasteiger partial charge in [-0.3, -0.25) is 9.48 Å². The summed E-state index contributed by atoms with van der Waals surface area (Å²) in [5, 5.41) is 16.3. The topological polar surface area (TPSA) is 55.1 Å². The fourth-order valence-electron chi connectivity index (χ4n) is 9.02. The second-order valence-corrected chi connectivity index (χ2v) is 12.2. The van der Waals surface area contributed by atoms with E-state index in [9.17, 15) is 9.90 Å². The van der Waals surface area contributed by atoms with Crippen LogP contribution in [0.25, 0.3) is 10.9 Å². The van der Waals surface area contributed by atoms with Gasteiger partial charge in [-0.05, 0) is 106 Å². The molecule has 4 aliphatic rings. The summed E-state index contributed by atoms with van der Waals surface area (Å²) in [5.41, 5.74) is 0.781. The van der Waals surface area contributed by atoms with Crippen LogP contribution in [0.4, 0.5) is 0 Å². The molecule has 4 heteroatoms. The molecule has 8 atom stereocenters. The highest BCUT2D eigenvalue weighted by Crippen LogP contribution is 2.64. The lowest BCUT2D eigenvalue weighted by atomic mass is 9.49. The molecule has 1 aromatic heterocycles. The molecule has 2 aromatic rings. The van der Waals surface area contributed by atoms with Crippen LogP contribution in [0.2, 0.25) is 0 Å². The van der Waals surface area contributed by atoms with E-state index in [-0.39, 0.29) is 11.3 Å². The first-order valence-electron chi connectivity index (χ1n) is 13.0. The third-order valence-corrected chi connectivity index (χ3v) is 10.5. The van der Waals surface area contributed by atoms with E-state index in [1.54, 1.807) is 0 Å². The molecular weight excluding hydrogens is 396 g/mol. The molecule has 4 aliphatic carbocycles. The third-order valence-electron chi connectivity index (χ3n) is 10.5. The fraction of sp³-hybridized carbons (Fsp3) is 0.714. The van der Waals surface area contributed by atoms with Crippen molar-refractivity contribution in [3.05, 3.63) is 30.5 Å². The molecule has 0 amide bonds. The fourth-order valence-corrected chi connectivity index (χ4v) is 9.02. The summed E-state index contributed by atoms with van der Waals surface area (Å²) in [4.78, 5) is 13.6. The van der Waals surface area contributed by atoms with Crippen molar-refractivity contribution in [1.82, 2.24) is 9.78 Å². The highest BCUT2D eigenvalue weighted by atomic mass is 16.3. The van der Waals surface area contributed by atoms with Crippen molar-refractivity contribution in [3.8, 4) is 0 Å². The van der Waals surface area contributed by atoms with Gasteiger partial charge in [0.05, 0.1) is 17.3 Å². The summed E-state index contributed by atoms with van der Waals surface area (Å²) < 4.78 is 1.92. The second-order valence-electron chi connectivity index (χ2n) is 12.2. The van der Waals surface area contributed by atoms with Gasteiger partial charge >= 0.3 is 0 Å². The van der Waals surface area contributed by atoms with E-state index in [0.29, 0.717) is 18.2 Å².